The minimum atomic E-state index is -4.07. The number of carbonyl (C=O) groups is 1. The van der Waals surface area contributed by atoms with Gasteiger partial charge >= 0.3 is 5.97 Å². The summed E-state index contributed by atoms with van der Waals surface area (Å²) in [6, 6.07) is 0. The van der Waals surface area contributed by atoms with Crippen LogP contribution >= 0.6 is 0 Å². The monoisotopic (exact) mass is 269 g/mol. The second kappa shape index (κ2) is 4.41. The van der Waals surface area contributed by atoms with E-state index < -0.39 is 26.6 Å². The van der Waals surface area contributed by atoms with Gasteiger partial charge in [-0.25, -0.2) is 14.8 Å². The van der Waals surface area contributed by atoms with Crippen molar-refractivity contribution in [2.24, 2.45) is 0 Å². The smallest absolute Gasteiger partial charge is 0.340 e. The number of H-pyrrole nitrogens is 1. The summed E-state index contributed by atoms with van der Waals surface area (Å²) in [5.74, 6) is -1.39. The summed E-state index contributed by atoms with van der Waals surface area (Å²) in [5.41, 5.74) is -0.331. The Morgan fingerprint density at radius 2 is 1.94 bits per heavy atom. The lowest BCUT2D eigenvalue weighted by Gasteiger charge is -2.05. The van der Waals surface area contributed by atoms with Crippen molar-refractivity contribution < 1.29 is 18.3 Å². The summed E-state index contributed by atoms with van der Waals surface area (Å²) in [4.78, 5) is 18.1. The van der Waals surface area contributed by atoms with Crippen molar-refractivity contribution in [3.63, 3.8) is 0 Å². The van der Waals surface area contributed by atoms with Crippen LogP contribution in [0.4, 0.5) is 5.69 Å². The van der Waals surface area contributed by atoms with Gasteiger partial charge in [-0.1, -0.05) is 0 Å². The third-order valence-corrected chi connectivity index (χ3v) is 3.27. The van der Waals surface area contributed by atoms with Gasteiger partial charge in [0.25, 0.3) is 10.0 Å². The van der Waals surface area contributed by atoms with E-state index in [2.05, 4.69) is 24.9 Å². The first-order valence-corrected chi connectivity index (χ1v) is 6.03. The van der Waals surface area contributed by atoms with Crippen LogP contribution in [0.3, 0.4) is 0 Å². The highest BCUT2D eigenvalue weighted by Gasteiger charge is 2.24. The standard InChI is InChI=1S/C8H7N5O4S/c14-8(15)6-3-11-12-7(6)18(16,17)13-5-1-9-4-10-2-5/h1-4,13H,(H,11,12)(H,14,15). The predicted molar refractivity (Wildman–Crippen MR) is 58.4 cm³/mol. The number of hydrogen-bond acceptors (Lipinski definition) is 6. The number of nitrogens with zero attached hydrogens (tertiary/aromatic N) is 3. The molecule has 0 spiro atoms. The van der Waals surface area contributed by atoms with Gasteiger partial charge < -0.3 is 5.11 Å². The normalized spacial score (nSPS) is 11.1. The van der Waals surface area contributed by atoms with Gasteiger partial charge in [-0.2, -0.15) is 13.5 Å². The Bertz CT molecular complexity index is 666. The first-order valence-electron chi connectivity index (χ1n) is 4.55. The molecule has 0 aromatic carbocycles. The maximum absolute atomic E-state index is 11.9. The fraction of sp³-hybridized carbons (Fsp3) is 0. The predicted octanol–water partition coefficient (Wildman–Crippen LogP) is -0.301. The Hall–Kier alpha value is -2.49. The number of rotatable bonds is 4. The number of nitrogens with one attached hydrogen (secondary N) is 2. The van der Waals surface area contributed by atoms with Crippen molar-refractivity contribution in [2.45, 2.75) is 5.03 Å². The van der Waals surface area contributed by atoms with E-state index >= 15 is 0 Å². The number of carboxylic acid groups (broad SMARTS) is 1. The molecule has 0 saturated heterocycles. The highest BCUT2D eigenvalue weighted by molar-refractivity contribution is 7.92. The van der Waals surface area contributed by atoms with Crippen LogP contribution in [0, 0.1) is 0 Å². The number of aromatic nitrogens is 4. The molecule has 2 rings (SSSR count). The lowest BCUT2D eigenvalue weighted by Crippen LogP contribution is -2.16. The van der Waals surface area contributed by atoms with Crippen molar-refractivity contribution in [3.8, 4) is 0 Å². The minimum Gasteiger partial charge on any atom is -0.478 e. The van der Waals surface area contributed by atoms with Gasteiger partial charge in [-0.15, -0.1) is 0 Å². The molecule has 2 aromatic heterocycles. The maximum atomic E-state index is 11.9. The van der Waals surface area contributed by atoms with Gasteiger partial charge in [0, 0.05) is 0 Å². The molecule has 2 heterocycles. The van der Waals surface area contributed by atoms with Gasteiger partial charge in [-0.05, 0) is 0 Å². The highest BCUT2D eigenvalue weighted by atomic mass is 32.2. The molecule has 0 amide bonds. The summed E-state index contributed by atoms with van der Waals surface area (Å²) < 4.78 is 25.9. The van der Waals surface area contributed by atoms with Crippen molar-refractivity contribution in [1.29, 1.82) is 0 Å². The molecule has 2 aromatic rings. The Morgan fingerprint density at radius 1 is 1.28 bits per heavy atom. The third kappa shape index (κ3) is 2.27. The molecule has 0 saturated carbocycles. The molecule has 0 fully saturated rings. The van der Waals surface area contributed by atoms with Crippen molar-refractivity contribution in [1.82, 2.24) is 20.2 Å². The fourth-order valence-electron chi connectivity index (χ4n) is 1.19. The number of aromatic carboxylic acids is 1. The van der Waals surface area contributed by atoms with Gasteiger partial charge in [0.15, 0.2) is 5.03 Å². The lowest BCUT2D eigenvalue weighted by molar-refractivity contribution is 0.0692. The summed E-state index contributed by atoms with van der Waals surface area (Å²) in [7, 11) is -4.07. The minimum absolute atomic E-state index is 0.114. The number of hydrogen-bond donors (Lipinski definition) is 3. The van der Waals surface area contributed by atoms with Crippen molar-refractivity contribution in [3.05, 3.63) is 30.5 Å². The molecule has 0 aliphatic carbocycles. The van der Waals surface area contributed by atoms with Gasteiger partial charge in [-0.3, -0.25) is 9.82 Å². The molecule has 0 aliphatic heterocycles. The Labute approximate surface area is 101 Å². The fourth-order valence-corrected chi connectivity index (χ4v) is 2.31. The zero-order chi connectivity index (χ0) is 13.2. The topological polar surface area (TPSA) is 138 Å². The Kier molecular flexibility index (Phi) is 2.93. The van der Waals surface area contributed by atoms with Crippen molar-refractivity contribution in [2.75, 3.05) is 4.72 Å². The summed E-state index contributed by atoms with van der Waals surface area (Å²) in [6.07, 6.45) is 4.62. The maximum Gasteiger partial charge on any atom is 0.340 e. The van der Waals surface area contributed by atoms with Crippen LogP contribution in [-0.4, -0.2) is 39.7 Å². The van der Waals surface area contributed by atoms with Crippen LogP contribution in [0.5, 0.6) is 0 Å². The van der Waals surface area contributed by atoms with E-state index in [1.807, 2.05) is 0 Å². The Morgan fingerprint density at radius 3 is 2.56 bits per heavy atom. The Balaban J connectivity index is 2.37. The molecule has 9 nitrogen and oxygen atoms in total. The van der Waals surface area contributed by atoms with Crippen molar-refractivity contribution >= 4 is 21.7 Å². The van der Waals surface area contributed by atoms with E-state index in [1.165, 1.54) is 18.7 Å². The molecular weight excluding hydrogens is 262 g/mol. The zero-order valence-electron chi connectivity index (χ0n) is 8.73. The largest absolute Gasteiger partial charge is 0.478 e. The SMILES string of the molecule is O=C(O)c1cn[nH]c1S(=O)(=O)Nc1cncnc1. The first kappa shape index (κ1) is 12.0. The molecule has 3 N–H and O–H groups in total. The molecule has 0 radical (unpaired) electrons. The summed E-state index contributed by atoms with van der Waals surface area (Å²) >= 11 is 0. The van der Waals surface area contributed by atoms with E-state index in [-0.39, 0.29) is 5.69 Å². The van der Waals surface area contributed by atoms with Crippen LogP contribution in [-0.2, 0) is 10.0 Å². The van der Waals surface area contributed by atoms with E-state index in [9.17, 15) is 13.2 Å². The molecule has 0 atom stereocenters. The first-order chi connectivity index (χ1) is 8.50. The van der Waals surface area contributed by atoms with E-state index in [0.717, 1.165) is 6.20 Å². The number of sulfonamides is 1. The average Bonchev–Trinajstić information content (AvgIpc) is 2.79. The third-order valence-electron chi connectivity index (χ3n) is 1.92. The summed E-state index contributed by atoms with van der Waals surface area (Å²) in [6.45, 7) is 0. The van der Waals surface area contributed by atoms with Gasteiger partial charge in [0.1, 0.15) is 11.9 Å². The number of aromatic amines is 1. The second-order valence-corrected chi connectivity index (χ2v) is 4.77. The lowest BCUT2D eigenvalue weighted by atomic mass is 10.4. The van der Waals surface area contributed by atoms with Crippen LogP contribution in [0.15, 0.2) is 29.9 Å². The average molecular weight is 269 g/mol. The van der Waals surface area contributed by atoms with Gasteiger partial charge in [0.05, 0.1) is 24.3 Å². The highest BCUT2D eigenvalue weighted by Crippen LogP contribution is 2.15. The number of anilines is 1. The van der Waals surface area contributed by atoms with Crippen LogP contribution < -0.4 is 4.72 Å². The van der Waals surface area contributed by atoms with E-state index in [1.54, 1.807) is 0 Å². The molecule has 18 heavy (non-hydrogen) atoms. The molecule has 0 aliphatic rings. The van der Waals surface area contributed by atoms with Crippen LogP contribution in [0.25, 0.3) is 0 Å². The molecule has 10 heteroatoms. The van der Waals surface area contributed by atoms with E-state index in [4.69, 9.17) is 5.11 Å². The van der Waals surface area contributed by atoms with Crippen LogP contribution in [0.1, 0.15) is 10.4 Å². The van der Waals surface area contributed by atoms with Crippen LogP contribution in [0.2, 0.25) is 0 Å². The van der Waals surface area contributed by atoms with Gasteiger partial charge in [0.2, 0.25) is 0 Å². The molecule has 94 valence electrons. The zero-order valence-corrected chi connectivity index (χ0v) is 9.55. The molecule has 0 bridgehead atoms. The second-order valence-electron chi connectivity index (χ2n) is 3.15. The quantitative estimate of drug-likeness (QED) is 0.692. The molecular formula is C8H7N5O4S. The van der Waals surface area contributed by atoms with E-state index in [0.29, 0.717) is 0 Å². The number of carboxylic acids is 1. The summed E-state index contributed by atoms with van der Waals surface area (Å²) in [5, 5.41) is 13.8. The molecule has 0 unspecified atom stereocenters.